The van der Waals surface area contributed by atoms with Gasteiger partial charge in [-0.1, -0.05) is 0 Å². The third kappa shape index (κ3) is 2.05. The summed E-state index contributed by atoms with van der Waals surface area (Å²) in [5.74, 6) is -1.30. The maximum Gasteiger partial charge on any atom is 0.338 e. The number of H-pyrrole nitrogens is 1. The molecule has 0 radical (unpaired) electrons. The summed E-state index contributed by atoms with van der Waals surface area (Å²) in [6, 6.07) is 3.95. The molecular weight excluding hydrogens is 251 g/mol. The number of carbonyl (C=O) groups is 1. The minimum atomic E-state index is -1.21. The van der Waals surface area contributed by atoms with Crippen LogP contribution in [0.15, 0.2) is 30.6 Å². The number of carboxylic acids is 1. The number of aromatic amines is 1. The number of rotatable bonds is 3. The Morgan fingerprint density at radius 1 is 1.47 bits per heavy atom. The summed E-state index contributed by atoms with van der Waals surface area (Å²) in [5, 5.41) is 13.1. The number of hydrogen-bond acceptors (Lipinski definition) is 3. The highest BCUT2D eigenvalue weighted by atomic mass is 19.1. The van der Waals surface area contributed by atoms with Gasteiger partial charge in [0, 0.05) is 12.4 Å². The van der Waals surface area contributed by atoms with E-state index in [1.54, 1.807) is 23.1 Å². The molecule has 7 heteroatoms. The fourth-order valence-corrected chi connectivity index (χ4v) is 1.92. The van der Waals surface area contributed by atoms with Gasteiger partial charge in [0.05, 0.1) is 17.6 Å². The Labute approximate surface area is 106 Å². The molecule has 0 atom stereocenters. The van der Waals surface area contributed by atoms with Crippen molar-refractivity contribution in [3.05, 3.63) is 47.8 Å². The number of imidazole rings is 1. The summed E-state index contributed by atoms with van der Waals surface area (Å²) < 4.78 is 14.9. The lowest BCUT2D eigenvalue weighted by molar-refractivity contribution is 0.0698. The fourth-order valence-electron chi connectivity index (χ4n) is 1.92. The van der Waals surface area contributed by atoms with E-state index >= 15 is 0 Å². The van der Waals surface area contributed by atoms with Gasteiger partial charge >= 0.3 is 5.97 Å². The molecule has 2 aromatic heterocycles. The summed E-state index contributed by atoms with van der Waals surface area (Å²) in [6.07, 6.45) is 3.39. The average molecular weight is 260 g/mol. The van der Waals surface area contributed by atoms with Crippen LogP contribution in [0.4, 0.5) is 4.39 Å². The van der Waals surface area contributed by atoms with Crippen LogP contribution in [0.25, 0.3) is 11.0 Å². The zero-order chi connectivity index (χ0) is 13.4. The van der Waals surface area contributed by atoms with E-state index in [-0.39, 0.29) is 11.1 Å². The highest BCUT2D eigenvalue weighted by Crippen LogP contribution is 2.19. The summed E-state index contributed by atoms with van der Waals surface area (Å²) in [6.45, 7) is 0.363. The van der Waals surface area contributed by atoms with Crippen molar-refractivity contribution in [2.75, 3.05) is 0 Å². The van der Waals surface area contributed by atoms with Crippen molar-refractivity contribution in [3.63, 3.8) is 0 Å². The maximum atomic E-state index is 13.3. The monoisotopic (exact) mass is 260 g/mol. The van der Waals surface area contributed by atoms with Crippen LogP contribution < -0.4 is 0 Å². The first-order valence-corrected chi connectivity index (χ1v) is 5.52. The zero-order valence-electron chi connectivity index (χ0n) is 9.67. The van der Waals surface area contributed by atoms with Gasteiger partial charge in [-0.3, -0.25) is 4.68 Å². The van der Waals surface area contributed by atoms with Crippen molar-refractivity contribution >= 4 is 17.0 Å². The van der Waals surface area contributed by atoms with Crippen molar-refractivity contribution in [2.45, 2.75) is 6.54 Å². The molecule has 0 unspecified atom stereocenters. The van der Waals surface area contributed by atoms with Gasteiger partial charge in [-0.05, 0) is 18.2 Å². The largest absolute Gasteiger partial charge is 0.478 e. The smallest absolute Gasteiger partial charge is 0.338 e. The van der Waals surface area contributed by atoms with E-state index in [0.717, 1.165) is 6.07 Å². The summed E-state index contributed by atoms with van der Waals surface area (Å²) in [4.78, 5) is 18.1. The number of carboxylic acid groups (broad SMARTS) is 1. The predicted octanol–water partition coefficient (Wildman–Crippen LogP) is 1.65. The standard InChI is InChI=1S/C12H9FN4O2/c13-7-4-8(12(18)19)11-9(5-7)15-10(16-11)6-17-3-1-2-14-17/h1-5H,6H2,(H,15,16)(H,18,19). The van der Waals surface area contributed by atoms with Crippen molar-refractivity contribution in [3.8, 4) is 0 Å². The van der Waals surface area contributed by atoms with E-state index < -0.39 is 11.8 Å². The first-order valence-electron chi connectivity index (χ1n) is 5.52. The molecule has 2 N–H and O–H groups in total. The fraction of sp³-hybridized carbons (Fsp3) is 0.0833. The van der Waals surface area contributed by atoms with Gasteiger partial charge in [0.15, 0.2) is 0 Å². The molecule has 0 amide bonds. The quantitative estimate of drug-likeness (QED) is 0.749. The number of hydrogen-bond donors (Lipinski definition) is 2. The molecule has 2 heterocycles. The molecule has 0 spiro atoms. The highest BCUT2D eigenvalue weighted by Gasteiger charge is 2.15. The molecule has 6 nitrogen and oxygen atoms in total. The lowest BCUT2D eigenvalue weighted by Gasteiger charge is -1.96. The molecule has 96 valence electrons. The van der Waals surface area contributed by atoms with Crippen molar-refractivity contribution in [2.24, 2.45) is 0 Å². The van der Waals surface area contributed by atoms with Crippen LogP contribution in [-0.2, 0) is 6.54 Å². The van der Waals surface area contributed by atoms with Crippen LogP contribution in [0.2, 0.25) is 0 Å². The van der Waals surface area contributed by atoms with Gasteiger partial charge in [0.25, 0.3) is 0 Å². The maximum absolute atomic E-state index is 13.3. The van der Waals surface area contributed by atoms with E-state index in [4.69, 9.17) is 5.11 Å². The Balaban J connectivity index is 2.09. The van der Waals surface area contributed by atoms with E-state index in [2.05, 4.69) is 15.1 Å². The summed E-state index contributed by atoms with van der Waals surface area (Å²) in [7, 11) is 0. The van der Waals surface area contributed by atoms with E-state index in [1.165, 1.54) is 6.07 Å². The second kappa shape index (κ2) is 4.20. The molecule has 0 saturated carbocycles. The average Bonchev–Trinajstić information content (AvgIpc) is 2.97. The molecule has 0 aliphatic heterocycles. The number of aromatic nitrogens is 4. The van der Waals surface area contributed by atoms with Crippen LogP contribution >= 0.6 is 0 Å². The molecule has 0 bridgehead atoms. The van der Waals surface area contributed by atoms with Gasteiger partial charge < -0.3 is 10.1 Å². The molecule has 0 fully saturated rings. The van der Waals surface area contributed by atoms with Crippen LogP contribution in [0.1, 0.15) is 16.2 Å². The SMILES string of the molecule is O=C(O)c1cc(F)cc2[nH]c(Cn3cccn3)nc12. The normalized spacial score (nSPS) is 11.0. The summed E-state index contributed by atoms with van der Waals surface area (Å²) in [5.41, 5.74) is 0.452. The second-order valence-electron chi connectivity index (χ2n) is 4.04. The van der Waals surface area contributed by atoms with E-state index in [9.17, 15) is 9.18 Å². The summed E-state index contributed by atoms with van der Waals surface area (Å²) >= 11 is 0. The first-order chi connectivity index (χ1) is 9.13. The van der Waals surface area contributed by atoms with Crippen molar-refractivity contribution in [1.29, 1.82) is 0 Å². The molecular formula is C12H9FN4O2. The first kappa shape index (κ1) is 11.4. The number of fused-ring (bicyclic) bond motifs is 1. The number of halogens is 1. The molecule has 3 aromatic rings. The lowest BCUT2D eigenvalue weighted by Crippen LogP contribution is -2.01. The van der Waals surface area contributed by atoms with E-state index in [1.807, 2.05) is 0 Å². The Morgan fingerprint density at radius 3 is 3.00 bits per heavy atom. The third-order valence-electron chi connectivity index (χ3n) is 2.70. The number of nitrogens with one attached hydrogen (secondary N) is 1. The molecule has 0 saturated heterocycles. The van der Waals surface area contributed by atoms with Gasteiger partial charge in [-0.15, -0.1) is 0 Å². The molecule has 3 rings (SSSR count). The Morgan fingerprint density at radius 2 is 2.32 bits per heavy atom. The molecule has 0 aliphatic rings. The van der Waals surface area contributed by atoms with Crippen LogP contribution in [0.5, 0.6) is 0 Å². The van der Waals surface area contributed by atoms with Gasteiger partial charge in [0.1, 0.15) is 17.2 Å². The van der Waals surface area contributed by atoms with Crippen LogP contribution in [0, 0.1) is 5.82 Å². The number of benzene rings is 1. The Hall–Kier alpha value is -2.70. The minimum absolute atomic E-state index is 0.155. The van der Waals surface area contributed by atoms with Crippen LogP contribution in [-0.4, -0.2) is 30.8 Å². The number of aromatic carboxylic acids is 1. The highest BCUT2D eigenvalue weighted by molar-refractivity contribution is 6.00. The van der Waals surface area contributed by atoms with Gasteiger partial charge in [-0.25, -0.2) is 14.2 Å². The third-order valence-corrected chi connectivity index (χ3v) is 2.70. The van der Waals surface area contributed by atoms with Crippen molar-refractivity contribution in [1.82, 2.24) is 19.7 Å². The molecule has 0 aliphatic carbocycles. The zero-order valence-corrected chi connectivity index (χ0v) is 9.67. The second-order valence-corrected chi connectivity index (χ2v) is 4.04. The molecule has 1 aromatic carbocycles. The van der Waals surface area contributed by atoms with Crippen LogP contribution in [0.3, 0.4) is 0 Å². The van der Waals surface area contributed by atoms with E-state index in [0.29, 0.717) is 17.9 Å². The topological polar surface area (TPSA) is 83.8 Å². The predicted molar refractivity (Wildman–Crippen MR) is 64.3 cm³/mol. The Bertz CT molecular complexity index is 749. The van der Waals surface area contributed by atoms with Gasteiger partial charge in [-0.2, -0.15) is 5.10 Å². The number of nitrogens with zero attached hydrogens (tertiary/aromatic N) is 3. The minimum Gasteiger partial charge on any atom is -0.478 e. The lowest BCUT2D eigenvalue weighted by atomic mass is 10.2. The van der Waals surface area contributed by atoms with Crippen molar-refractivity contribution < 1.29 is 14.3 Å². The Kier molecular flexibility index (Phi) is 2.52. The molecule has 19 heavy (non-hydrogen) atoms. The van der Waals surface area contributed by atoms with Gasteiger partial charge in [0.2, 0.25) is 0 Å².